The van der Waals surface area contributed by atoms with Crippen molar-refractivity contribution in [3.8, 4) is 11.5 Å². The summed E-state index contributed by atoms with van der Waals surface area (Å²) in [5.41, 5.74) is 1.45. The van der Waals surface area contributed by atoms with Crippen molar-refractivity contribution in [2.24, 2.45) is 5.92 Å². The minimum absolute atomic E-state index is 0. The molecule has 2 aromatic carbocycles. The fraction of sp³-hybridized carbons (Fsp3) is 0.316. The summed E-state index contributed by atoms with van der Waals surface area (Å²) in [5, 5.41) is 1.40. The number of benzene rings is 2. The number of methoxy groups -OCH3 is 1. The standard InChI is InChI=1S/C19H22ClO3P.Li.H/c1-12(2)11-23-14-8-9-17(13(3)10-14)24-19(21)18-15(20)6-5-7-16(18)22-4;;/h5-10,12,24H,11H2,1-4H3;;/q;+1;-1. The molecule has 0 spiro atoms. The van der Waals surface area contributed by atoms with Crippen molar-refractivity contribution >= 4 is 31.0 Å². The Morgan fingerprint density at radius 3 is 2.60 bits per heavy atom. The molecule has 0 radical (unpaired) electrons. The first-order valence-electron chi connectivity index (χ1n) is 7.79. The maximum absolute atomic E-state index is 12.7. The van der Waals surface area contributed by atoms with Gasteiger partial charge in [0.25, 0.3) is 0 Å². The van der Waals surface area contributed by atoms with Gasteiger partial charge in [-0.05, 0) is 56.6 Å². The van der Waals surface area contributed by atoms with E-state index in [1.54, 1.807) is 18.2 Å². The van der Waals surface area contributed by atoms with Crippen LogP contribution in [0.1, 0.15) is 31.2 Å². The van der Waals surface area contributed by atoms with Crippen LogP contribution in [0.15, 0.2) is 36.4 Å². The molecule has 3 nitrogen and oxygen atoms in total. The number of ether oxygens (including phenoxy) is 2. The molecule has 0 bridgehead atoms. The van der Waals surface area contributed by atoms with Crippen molar-refractivity contribution in [1.29, 1.82) is 0 Å². The van der Waals surface area contributed by atoms with Gasteiger partial charge in [0.15, 0.2) is 5.52 Å². The van der Waals surface area contributed by atoms with Crippen molar-refractivity contribution in [1.82, 2.24) is 0 Å². The van der Waals surface area contributed by atoms with Gasteiger partial charge in [-0.2, -0.15) is 0 Å². The Bertz CT molecular complexity index is 741. The molecule has 0 fully saturated rings. The smallest absolute Gasteiger partial charge is 1.00 e. The van der Waals surface area contributed by atoms with E-state index in [-0.39, 0.29) is 34.4 Å². The van der Waals surface area contributed by atoms with Crippen molar-refractivity contribution < 1.29 is 34.6 Å². The number of hydrogen-bond donors (Lipinski definition) is 0. The molecule has 0 N–H and O–H groups in total. The van der Waals surface area contributed by atoms with Crippen LogP contribution in [0.25, 0.3) is 0 Å². The number of carbonyl (C=O) groups is 1. The van der Waals surface area contributed by atoms with Crippen LogP contribution >= 0.6 is 20.2 Å². The molecule has 0 aromatic heterocycles. The second-order valence-electron chi connectivity index (χ2n) is 5.95. The molecular weight excluding hydrogens is 350 g/mol. The van der Waals surface area contributed by atoms with Crippen LogP contribution < -0.4 is 33.6 Å². The van der Waals surface area contributed by atoms with Gasteiger partial charge in [-0.25, -0.2) is 0 Å². The largest absolute Gasteiger partial charge is 1.00 e. The van der Waals surface area contributed by atoms with Crippen LogP contribution in [0.3, 0.4) is 0 Å². The molecule has 1 atom stereocenters. The Balaban J connectivity index is 0.00000312. The second-order valence-corrected chi connectivity index (χ2v) is 7.60. The molecule has 0 amide bonds. The van der Waals surface area contributed by atoms with Gasteiger partial charge in [-0.15, -0.1) is 0 Å². The first-order valence-corrected chi connectivity index (χ1v) is 9.17. The predicted molar refractivity (Wildman–Crippen MR) is 103 cm³/mol. The van der Waals surface area contributed by atoms with E-state index >= 15 is 0 Å². The minimum atomic E-state index is -0.0311. The predicted octanol–water partition coefficient (Wildman–Crippen LogP) is 1.95. The van der Waals surface area contributed by atoms with Gasteiger partial charge in [0, 0.05) is 0 Å². The van der Waals surface area contributed by atoms with Gasteiger partial charge in [0.05, 0.1) is 24.3 Å². The molecule has 0 heterocycles. The van der Waals surface area contributed by atoms with Gasteiger partial charge in [-0.1, -0.05) is 37.6 Å². The Hall–Kier alpha value is -0.973. The zero-order valence-corrected chi connectivity index (χ0v) is 17.1. The van der Waals surface area contributed by atoms with E-state index in [1.165, 1.54) is 7.11 Å². The number of halogens is 1. The summed E-state index contributed by atoms with van der Waals surface area (Å²) in [5.74, 6) is 1.81. The first kappa shape index (κ1) is 22.1. The van der Waals surface area contributed by atoms with Gasteiger partial charge < -0.3 is 10.9 Å². The molecule has 130 valence electrons. The molecule has 2 rings (SSSR count). The quantitative estimate of drug-likeness (QED) is 0.550. The third-order valence-corrected chi connectivity index (χ3v) is 5.07. The zero-order valence-electron chi connectivity index (χ0n) is 16.4. The molecule has 2 aromatic rings. The van der Waals surface area contributed by atoms with E-state index in [0.29, 0.717) is 28.9 Å². The van der Waals surface area contributed by atoms with Crippen molar-refractivity contribution in [3.05, 3.63) is 52.5 Å². The van der Waals surface area contributed by atoms with Crippen LogP contribution in [0.5, 0.6) is 11.5 Å². The molecule has 25 heavy (non-hydrogen) atoms. The SMILES string of the molecule is COc1cccc(Cl)c1C(=O)Pc1ccc(OCC(C)C)cc1C.[H-].[Li+]. The molecule has 1 unspecified atom stereocenters. The third-order valence-electron chi connectivity index (χ3n) is 3.45. The van der Waals surface area contributed by atoms with Gasteiger partial charge in [0.1, 0.15) is 11.5 Å². The monoisotopic (exact) mass is 372 g/mol. The van der Waals surface area contributed by atoms with Crippen LogP contribution in [0, 0.1) is 12.8 Å². The van der Waals surface area contributed by atoms with Gasteiger partial charge in [-0.3, -0.25) is 4.79 Å². The minimum Gasteiger partial charge on any atom is -1.00 e. The molecule has 0 aliphatic heterocycles. The van der Waals surface area contributed by atoms with Crippen LogP contribution in [0.2, 0.25) is 5.02 Å². The summed E-state index contributed by atoms with van der Waals surface area (Å²) in [6, 6.07) is 11.1. The first-order chi connectivity index (χ1) is 11.4. The summed E-state index contributed by atoms with van der Waals surface area (Å²) >= 11 is 6.19. The molecule has 0 aliphatic carbocycles. The van der Waals surface area contributed by atoms with E-state index in [9.17, 15) is 4.79 Å². The molecule has 0 aliphatic rings. The summed E-state index contributed by atoms with van der Waals surface area (Å²) in [7, 11) is 1.52. The van der Waals surface area contributed by atoms with Crippen LogP contribution in [0.4, 0.5) is 0 Å². The van der Waals surface area contributed by atoms with Crippen molar-refractivity contribution in [2.75, 3.05) is 13.7 Å². The maximum Gasteiger partial charge on any atom is 1.00 e. The summed E-state index contributed by atoms with van der Waals surface area (Å²) in [6.45, 7) is 6.88. The zero-order chi connectivity index (χ0) is 17.7. The molecule has 0 saturated carbocycles. The number of hydrogen-bond acceptors (Lipinski definition) is 3. The second kappa shape index (κ2) is 10.2. The third kappa shape index (κ3) is 6.05. The Morgan fingerprint density at radius 1 is 1.28 bits per heavy atom. The van der Waals surface area contributed by atoms with Crippen LogP contribution in [-0.4, -0.2) is 19.2 Å². The average Bonchev–Trinajstić information content (AvgIpc) is 2.54. The summed E-state index contributed by atoms with van der Waals surface area (Å²) < 4.78 is 11.0. The summed E-state index contributed by atoms with van der Waals surface area (Å²) in [6.07, 6.45) is 0. The van der Waals surface area contributed by atoms with Gasteiger partial charge in [0.2, 0.25) is 0 Å². The van der Waals surface area contributed by atoms with Crippen molar-refractivity contribution in [2.45, 2.75) is 20.8 Å². The Labute approximate surface area is 169 Å². The van der Waals surface area contributed by atoms with Crippen LogP contribution in [-0.2, 0) is 0 Å². The number of aryl methyl sites for hydroxylation is 1. The number of carbonyl (C=O) groups excluding carboxylic acids is 1. The Kier molecular flexibility index (Phi) is 9.04. The van der Waals surface area contributed by atoms with E-state index < -0.39 is 0 Å². The average molecular weight is 373 g/mol. The van der Waals surface area contributed by atoms with E-state index in [2.05, 4.69) is 13.8 Å². The fourth-order valence-electron chi connectivity index (χ4n) is 2.21. The maximum atomic E-state index is 12.7. The Morgan fingerprint density at radius 2 is 2.00 bits per heavy atom. The van der Waals surface area contributed by atoms with E-state index in [1.807, 2.05) is 25.1 Å². The summed E-state index contributed by atoms with van der Waals surface area (Å²) in [4.78, 5) is 12.7. The van der Waals surface area contributed by atoms with Gasteiger partial charge >= 0.3 is 18.9 Å². The van der Waals surface area contributed by atoms with E-state index in [4.69, 9.17) is 21.1 Å². The molecule has 6 heteroatoms. The molecular formula is C19H23ClLiO3P. The fourth-order valence-corrected chi connectivity index (χ4v) is 3.60. The van der Waals surface area contributed by atoms with Crippen molar-refractivity contribution in [3.63, 3.8) is 0 Å². The molecule has 0 saturated heterocycles. The topological polar surface area (TPSA) is 35.5 Å². The number of rotatable bonds is 7. The van der Waals surface area contributed by atoms with E-state index in [0.717, 1.165) is 16.6 Å². The normalized spacial score (nSPS) is 10.8.